The van der Waals surface area contributed by atoms with E-state index in [1.165, 1.54) is 14.0 Å². The van der Waals surface area contributed by atoms with Crippen molar-refractivity contribution in [3.63, 3.8) is 0 Å². The lowest BCUT2D eigenvalue weighted by molar-refractivity contribution is -0.137. The molecule has 31 heavy (non-hydrogen) atoms. The van der Waals surface area contributed by atoms with Gasteiger partial charge in [-0.25, -0.2) is 4.79 Å². The van der Waals surface area contributed by atoms with Crippen LogP contribution in [0.15, 0.2) is 95.3 Å². The topological polar surface area (TPSA) is 52.6 Å². The van der Waals surface area contributed by atoms with Crippen molar-refractivity contribution in [1.29, 1.82) is 0 Å². The Bertz CT molecular complexity index is 1130. The van der Waals surface area contributed by atoms with Crippen LogP contribution in [-0.2, 0) is 19.1 Å². The van der Waals surface area contributed by atoms with Gasteiger partial charge in [-0.15, -0.1) is 0 Å². The molecule has 0 spiro atoms. The van der Waals surface area contributed by atoms with Gasteiger partial charge in [0.1, 0.15) is 17.1 Å². The first-order valence-corrected chi connectivity index (χ1v) is 10.4. The zero-order chi connectivity index (χ0) is 21.8. The summed E-state index contributed by atoms with van der Waals surface area (Å²) in [6, 6.07) is 20.1. The molecule has 2 aromatic rings. The molecule has 156 valence electrons. The summed E-state index contributed by atoms with van der Waals surface area (Å²) in [6.07, 6.45) is 6.21. The number of ketones is 1. The Kier molecular flexibility index (Phi) is 5.99. The molecule has 0 amide bonds. The summed E-state index contributed by atoms with van der Waals surface area (Å²) in [7, 11) is 1.28. The summed E-state index contributed by atoms with van der Waals surface area (Å²) in [6.45, 7) is 1.37. The number of fused-ring (bicyclic) bond motifs is 1. The molecule has 0 atom stereocenters. The predicted molar refractivity (Wildman–Crippen MR) is 121 cm³/mol. The normalized spacial score (nSPS) is 16.3. The third-order valence-corrected chi connectivity index (χ3v) is 5.50. The number of Topliss-reactive ketones (excluding diaryl/α,β-unsaturated/α-hetero) is 1. The van der Waals surface area contributed by atoms with Crippen molar-refractivity contribution < 1.29 is 19.1 Å². The molecule has 2 aromatic carbocycles. The molecule has 0 unspecified atom stereocenters. The van der Waals surface area contributed by atoms with Gasteiger partial charge in [-0.05, 0) is 55.0 Å². The second kappa shape index (κ2) is 9.00. The minimum atomic E-state index is -0.630. The van der Waals surface area contributed by atoms with Crippen LogP contribution < -0.4 is 0 Å². The van der Waals surface area contributed by atoms with E-state index in [2.05, 4.69) is 18.2 Å². The number of allylic oxidation sites excluding steroid dienone is 5. The highest BCUT2D eigenvalue weighted by atomic mass is 16.5. The number of rotatable bonds is 5. The van der Waals surface area contributed by atoms with Crippen molar-refractivity contribution in [3.05, 3.63) is 106 Å². The van der Waals surface area contributed by atoms with Crippen LogP contribution >= 0.6 is 0 Å². The van der Waals surface area contributed by atoms with E-state index in [1.54, 1.807) is 6.08 Å². The van der Waals surface area contributed by atoms with Crippen LogP contribution in [0, 0.1) is 0 Å². The molecular formula is C27H24O4. The maximum absolute atomic E-state index is 12.2. The van der Waals surface area contributed by atoms with E-state index in [9.17, 15) is 9.59 Å². The fraction of sp³-hybridized carbons (Fsp3) is 0.185. The largest absolute Gasteiger partial charge is 0.465 e. The highest BCUT2D eigenvalue weighted by Gasteiger charge is 2.28. The fourth-order valence-corrected chi connectivity index (χ4v) is 3.96. The summed E-state index contributed by atoms with van der Waals surface area (Å²) in [5, 5.41) is 0. The third kappa shape index (κ3) is 4.29. The number of esters is 1. The van der Waals surface area contributed by atoms with E-state index in [4.69, 9.17) is 9.47 Å². The second-order valence-corrected chi connectivity index (χ2v) is 7.55. The van der Waals surface area contributed by atoms with Gasteiger partial charge in [-0.3, -0.25) is 4.79 Å². The molecule has 1 heterocycles. The first-order valence-electron chi connectivity index (χ1n) is 10.4. The number of carbonyl (C=O) groups excluding carboxylic acids is 2. The maximum atomic E-state index is 12.2. The Hall–Kier alpha value is -3.66. The van der Waals surface area contributed by atoms with Crippen LogP contribution in [0.2, 0.25) is 0 Å². The van der Waals surface area contributed by atoms with Gasteiger partial charge in [0.25, 0.3) is 0 Å². The van der Waals surface area contributed by atoms with E-state index >= 15 is 0 Å². The lowest BCUT2D eigenvalue weighted by atomic mass is 9.84. The van der Waals surface area contributed by atoms with Crippen LogP contribution in [0.3, 0.4) is 0 Å². The van der Waals surface area contributed by atoms with Crippen LogP contribution in [0.5, 0.6) is 0 Å². The smallest absolute Gasteiger partial charge is 0.341 e. The Morgan fingerprint density at radius 3 is 2.19 bits per heavy atom. The molecule has 2 aliphatic rings. The highest BCUT2D eigenvalue weighted by Crippen LogP contribution is 2.43. The van der Waals surface area contributed by atoms with Crippen LogP contribution in [0.1, 0.15) is 37.3 Å². The number of ether oxygens (including phenoxy) is 2. The first kappa shape index (κ1) is 20.6. The molecule has 4 heteroatoms. The molecule has 0 aromatic heterocycles. The predicted octanol–water partition coefficient (Wildman–Crippen LogP) is 5.64. The van der Waals surface area contributed by atoms with Gasteiger partial charge < -0.3 is 9.47 Å². The fourth-order valence-electron chi connectivity index (χ4n) is 3.96. The molecular weight excluding hydrogens is 388 g/mol. The van der Waals surface area contributed by atoms with E-state index in [0.717, 1.165) is 58.6 Å². The van der Waals surface area contributed by atoms with Crippen molar-refractivity contribution in [2.45, 2.75) is 26.2 Å². The van der Waals surface area contributed by atoms with E-state index in [0.29, 0.717) is 0 Å². The first-order chi connectivity index (χ1) is 15.1. The minimum absolute atomic E-state index is 0.0342. The van der Waals surface area contributed by atoms with Crippen LogP contribution in [0.4, 0.5) is 0 Å². The average Bonchev–Trinajstić information content (AvgIpc) is 2.82. The summed E-state index contributed by atoms with van der Waals surface area (Å²) in [5.74, 6) is 0.520. The molecule has 0 fully saturated rings. The van der Waals surface area contributed by atoms with Gasteiger partial charge in [0.15, 0.2) is 5.78 Å². The molecule has 0 bridgehead atoms. The Labute approximate surface area is 182 Å². The Morgan fingerprint density at radius 1 is 0.935 bits per heavy atom. The number of benzene rings is 2. The Balaban J connectivity index is 1.92. The molecule has 1 aliphatic carbocycles. The molecule has 0 radical (unpaired) electrons. The van der Waals surface area contributed by atoms with Gasteiger partial charge in [0.2, 0.25) is 0 Å². The summed E-state index contributed by atoms with van der Waals surface area (Å²) >= 11 is 0. The molecule has 4 rings (SSSR count). The summed E-state index contributed by atoms with van der Waals surface area (Å²) < 4.78 is 11.2. The van der Waals surface area contributed by atoms with E-state index in [1.807, 2.05) is 48.5 Å². The molecule has 0 saturated heterocycles. The van der Waals surface area contributed by atoms with Gasteiger partial charge in [0.05, 0.1) is 7.11 Å². The second-order valence-electron chi connectivity index (χ2n) is 7.55. The zero-order valence-corrected chi connectivity index (χ0v) is 17.7. The average molecular weight is 412 g/mol. The highest BCUT2D eigenvalue weighted by molar-refractivity contribution is 6.16. The van der Waals surface area contributed by atoms with Crippen LogP contribution in [0.25, 0.3) is 11.3 Å². The van der Waals surface area contributed by atoms with Crippen LogP contribution in [-0.4, -0.2) is 18.9 Å². The SMILES string of the molecule is COC(=O)C(=CC1=C2OC(c3ccccc3)=CC(c3ccccc3)=C2CCC1)C(C)=O. The van der Waals surface area contributed by atoms with Crippen molar-refractivity contribution >= 4 is 23.1 Å². The van der Waals surface area contributed by atoms with E-state index in [-0.39, 0.29) is 11.4 Å². The molecule has 0 N–H and O–H groups in total. The Morgan fingerprint density at radius 2 is 1.58 bits per heavy atom. The summed E-state index contributed by atoms with van der Waals surface area (Å²) in [4.78, 5) is 24.3. The molecule has 4 nitrogen and oxygen atoms in total. The lowest BCUT2D eigenvalue weighted by Crippen LogP contribution is -2.15. The third-order valence-electron chi connectivity index (χ3n) is 5.50. The minimum Gasteiger partial charge on any atom is -0.465 e. The quantitative estimate of drug-likeness (QED) is 0.276. The molecule has 1 aliphatic heterocycles. The van der Waals surface area contributed by atoms with Crippen molar-refractivity contribution in [2.75, 3.05) is 7.11 Å². The van der Waals surface area contributed by atoms with Gasteiger partial charge in [0, 0.05) is 11.1 Å². The van der Waals surface area contributed by atoms with Gasteiger partial charge >= 0.3 is 5.97 Å². The van der Waals surface area contributed by atoms with Crippen molar-refractivity contribution in [2.24, 2.45) is 0 Å². The number of hydrogen-bond donors (Lipinski definition) is 0. The van der Waals surface area contributed by atoms with Gasteiger partial charge in [-0.2, -0.15) is 0 Å². The summed E-state index contributed by atoms with van der Waals surface area (Å²) in [5.41, 5.74) is 5.15. The number of hydrogen-bond acceptors (Lipinski definition) is 4. The zero-order valence-electron chi connectivity index (χ0n) is 17.7. The molecule has 0 saturated carbocycles. The van der Waals surface area contributed by atoms with Crippen molar-refractivity contribution in [3.8, 4) is 0 Å². The van der Waals surface area contributed by atoms with E-state index < -0.39 is 5.97 Å². The lowest BCUT2D eigenvalue weighted by Gasteiger charge is -2.29. The standard InChI is InChI=1S/C27H24O4/c1-18(28)23(27(29)30-2)16-21-14-9-15-22-24(19-10-5-3-6-11-19)17-25(31-26(21)22)20-12-7-4-8-13-20/h3-8,10-13,16-17H,9,14-15H2,1-2H3. The van der Waals surface area contributed by atoms with Crippen molar-refractivity contribution in [1.82, 2.24) is 0 Å². The monoisotopic (exact) mass is 412 g/mol. The maximum Gasteiger partial charge on any atom is 0.341 e. The number of methoxy groups -OCH3 is 1. The van der Waals surface area contributed by atoms with Gasteiger partial charge in [-0.1, -0.05) is 60.7 Å². The number of carbonyl (C=O) groups is 2.